The zero-order valence-electron chi connectivity index (χ0n) is 13.6. The topological polar surface area (TPSA) is 86.7 Å². The van der Waals surface area contributed by atoms with E-state index in [9.17, 15) is 13.2 Å². The fourth-order valence-electron chi connectivity index (χ4n) is 3.92. The van der Waals surface area contributed by atoms with Crippen LogP contribution in [0.4, 0.5) is 0 Å². The molecule has 23 heavy (non-hydrogen) atoms. The van der Waals surface area contributed by atoms with Crippen LogP contribution >= 0.6 is 0 Å². The molecule has 0 aromatic rings. The van der Waals surface area contributed by atoms with E-state index in [1.54, 1.807) is 0 Å². The van der Waals surface area contributed by atoms with Crippen molar-refractivity contribution in [1.29, 1.82) is 0 Å². The number of sulfonamides is 1. The van der Waals surface area contributed by atoms with E-state index in [1.807, 2.05) is 4.90 Å². The number of nitrogens with zero attached hydrogens (tertiary/aromatic N) is 1. The highest BCUT2D eigenvalue weighted by Crippen LogP contribution is 2.34. The first-order valence-corrected chi connectivity index (χ1v) is 10.5. The molecule has 0 aliphatic heterocycles. The molecular weight excluding hydrogens is 316 g/mol. The lowest BCUT2D eigenvalue weighted by Gasteiger charge is -2.42. The molecule has 132 valence electrons. The Hall–Kier alpha value is -0.660. The Morgan fingerprint density at radius 1 is 1.09 bits per heavy atom. The third-order valence-corrected chi connectivity index (χ3v) is 7.04. The number of carbonyl (C=O) groups is 1. The molecular formula is C16H28N2O4S. The third-order valence-electron chi connectivity index (χ3n) is 5.43. The van der Waals surface area contributed by atoms with E-state index < -0.39 is 16.0 Å². The second kappa shape index (κ2) is 7.07. The molecule has 0 bridgehead atoms. The van der Waals surface area contributed by atoms with Gasteiger partial charge in [0.25, 0.3) is 0 Å². The normalized spacial score (nSPS) is 28.9. The van der Waals surface area contributed by atoms with Gasteiger partial charge in [0.05, 0.1) is 12.3 Å². The summed E-state index contributed by atoms with van der Waals surface area (Å²) in [5.41, 5.74) is 0. The van der Waals surface area contributed by atoms with Crippen molar-refractivity contribution in [3.05, 3.63) is 0 Å². The van der Waals surface area contributed by atoms with Crippen molar-refractivity contribution in [2.45, 2.75) is 63.5 Å². The highest BCUT2D eigenvalue weighted by atomic mass is 32.2. The van der Waals surface area contributed by atoms with E-state index in [1.165, 1.54) is 12.8 Å². The molecule has 3 rings (SSSR count). The average molecular weight is 344 g/mol. The van der Waals surface area contributed by atoms with Crippen LogP contribution in [0.5, 0.6) is 0 Å². The Labute approximate surface area is 138 Å². The predicted octanol–water partition coefficient (Wildman–Crippen LogP) is 1.42. The van der Waals surface area contributed by atoms with Crippen LogP contribution in [0.15, 0.2) is 0 Å². The molecule has 3 aliphatic rings. The van der Waals surface area contributed by atoms with Crippen molar-refractivity contribution >= 4 is 16.0 Å². The van der Waals surface area contributed by atoms with E-state index in [0.29, 0.717) is 11.8 Å². The van der Waals surface area contributed by atoms with Gasteiger partial charge < -0.3 is 5.11 Å². The molecule has 0 saturated heterocycles. The van der Waals surface area contributed by atoms with Crippen molar-refractivity contribution in [2.75, 3.05) is 18.8 Å². The van der Waals surface area contributed by atoms with Crippen molar-refractivity contribution < 1.29 is 18.3 Å². The molecule has 0 radical (unpaired) electrons. The maximum absolute atomic E-state index is 12.2. The first kappa shape index (κ1) is 17.2. The van der Waals surface area contributed by atoms with Gasteiger partial charge in [0.2, 0.25) is 10.0 Å². The van der Waals surface area contributed by atoms with Crippen LogP contribution in [-0.4, -0.2) is 55.3 Å². The Balaban J connectivity index is 1.44. The summed E-state index contributed by atoms with van der Waals surface area (Å²) in [6.07, 6.45) is 8.23. The SMILES string of the molecule is O=C(O)CN(CC1CC1)C1CC(NS(=O)(=O)CC2CCCC2)C1. The molecule has 3 fully saturated rings. The largest absolute Gasteiger partial charge is 0.480 e. The third kappa shape index (κ3) is 5.16. The highest BCUT2D eigenvalue weighted by Gasteiger charge is 2.39. The lowest BCUT2D eigenvalue weighted by Crippen LogP contribution is -2.55. The first-order valence-electron chi connectivity index (χ1n) is 8.87. The second-order valence-corrected chi connectivity index (χ2v) is 9.44. The van der Waals surface area contributed by atoms with Crippen molar-refractivity contribution in [3.8, 4) is 0 Å². The minimum atomic E-state index is -3.19. The lowest BCUT2D eigenvalue weighted by atomic mass is 9.86. The number of nitrogens with one attached hydrogen (secondary N) is 1. The standard InChI is InChI=1S/C16H28N2O4S/c19-16(20)10-18(9-12-5-6-12)15-7-14(8-15)17-23(21,22)11-13-3-1-2-4-13/h12-15,17H,1-11H2,(H,19,20). The molecule has 3 aliphatic carbocycles. The molecule has 2 N–H and O–H groups in total. The molecule has 0 spiro atoms. The molecule has 0 unspecified atom stereocenters. The van der Waals surface area contributed by atoms with Crippen LogP contribution < -0.4 is 4.72 Å². The number of carboxylic acids is 1. The van der Waals surface area contributed by atoms with Crippen LogP contribution in [0.3, 0.4) is 0 Å². The molecule has 0 atom stereocenters. The number of hydrogen-bond acceptors (Lipinski definition) is 4. The molecule has 0 heterocycles. The Morgan fingerprint density at radius 2 is 1.74 bits per heavy atom. The fourth-order valence-corrected chi connectivity index (χ4v) is 5.67. The summed E-state index contributed by atoms with van der Waals surface area (Å²) in [4.78, 5) is 13.0. The second-order valence-electron chi connectivity index (χ2n) is 7.64. The zero-order valence-corrected chi connectivity index (χ0v) is 14.4. The minimum absolute atomic E-state index is 0.0121. The van der Waals surface area contributed by atoms with Crippen LogP contribution in [0, 0.1) is 11.8 Å². The molecule has 3 saturated carbocycles. The summed E-state index contributed by atoms with van der Waals surface area (Å²) in [5.74, 6) is 0.430. The summed E-state index contributed by atoms with van der Waals surface area (Å²) < 4.78 is 27.3. The summed E-state index contributed by atoms with van der Waals surface area (Å²) in [6.45, 7) is 0.918. The van der Waals surface area contributed by atoms with Gasteiger partial charge >= 0.3 is 5.97 Å². The maximum atomic E-state index is 12.2. The zero-order chi connectivity index (χ0) is 16.4. The Bertz CT molecular complexity index is 520. The Morgan fingerprint density at radius 3 is 2.30 bits per heavy atom. The predicted molar refractivity (Wildman–Crippen MR) is 87.6 cm³/mol. The smallest absolute Gasteiger partial charge is 0.317 e. The van der Waals surface area contributed by atoms with Gasteiger partial charge in [-0.05, 0) is 50.4 Å². The summed E-state index contributed by atoms with van der Waals surface area (Å²) in [5, 5.41) is 9.04. The monoisotopic (exact) mass is 344 g/mol. The van der Waals surface area contributed by atoms with Gasteiger partial charge in [-0.2, -0.15) is 0 Å². The van der Waals surface area contributed by atoms with Crippen molar-refractivity contribution in [3.63, 3.8) is 0 Å². The van der Waals surface area contributed by atoms with Crippen LogP contribution in [0.1, 0.15) is 51.4 Å². The van der Waals surface area contributed by atoms with Crippen LogP contribution in [-0.2, 0) is 14.8 Å². The maximum Gasteiger partial charge on any atom is 0.317 e. The number of aliphatic carboxylic acids is 1. The Kier molecular flexibility index (Phi) is 5.28. The fraction of sp³-hybridized carbons (Fsp3) is 0.938. The van der Waals surface area contributed by atoms with Gasteiger partial charge in [-0.1, -0.05) is 12.8 Å². The van der Waals surface area contributed by atoms with Gasteiger partial charge in [0.1, 0.15) is 0 Å². The van der Waals surface area contributed by atoms with E-state index in [-0.39, 0.29) is 24.4 Å². The number of carboxylic acid groups (broad SMARTS) is 1. The number of rotatable bonds is 9. The summed E-state index contributed by atoms with van der Waals surface area (Å²) in [7, 11) is -3.19. The van der Waals surface area contributed by atoms with E-state index in [0.717, 1.165) is 45.1 Å². The van der Waals surface area contributed by atoms with Crippen LogP contribution in [0.25, 0.3) is 0 Å². The average Bonchev–Trinajstić information content (AvgIpc) is 3.07. The highest BCUT2D eigenvalue weighted by molar-refractivity contribution is 7.89. The quantitative estimate of drug-likeness (QED) is 0.661. The molecule has 0 aromatic carbocycles. The lowest BCUT2D eigenvalue weighted by molar-refractivity contribution is -0.139. The van der Waals surface area contributed by atoms with E-state index in [2.05, 4.69) is 4.72 Å². The van der Waals surface area contributed by atoms with Crippen molar-refractivity contribution in [1.82, 2.24) is 9.62 Å². The van der Waals surface area contributed by atoms with Gasteiger partial charge in [0, 0.05) is 18.6 Å². The van der Waals surface area contributed by atoms with E-state index in [4.69, 9.17) is 5.11 Å². The first-order chi connectivity index (χ1) is 10.9. The summed E-state index contributed by atoms with van der Waals surface area (Å²) in [6, 6.07) is 0.202. The van der Waals surface area contributed by atoms with Crippen molar-refractivity contribution in [2.24, 2.45) is 11.8 Å². The molecule has 0 amide bonds. The van der Waals surface area contributed by atoms with Gasteiger partial charge in [-0.3, -0.25) is 9.69 Å². The minimum Gasteiger partial charge on any atom is -0.480 e. The number of hydrogen-bond donors (Lipinski definition) is 2. The summed E-state index contributed by atoms with van der Waals surface area (Å²) >= 11 is 0. The molecule has 0 aromatic heterocycles. The molecule has 6 nitrogen and oxygen atoms in total. The van der Waals surface area contributed by atoms with Gasteiger partial charge in [0.15, 0.2) is 0 Å². The van der Waals surface area contributed by atoms with Crippen LogP contribution in [0.2, 0.25) is 0 Å². The van der Waals surface area contributed by atoms with Gasteiger partial charge in [-0.15, -0.1) is 0 Å². The van der Waals surface area contributed by atoms with E-state index >= 15 is 0 Å². The molecule has 7 heteroatoms. The van der Waals surface area contributed by atoms with Gasteiger partial charge in [-0.25, -0.2) is 13.1 Å².